The first-order valence-corrected chi connectivity index (χ1v) is 11.4. The Morgan fingerprint density at radius 1 is 1.12 bits per heavy atom. The Morgan fingerprint density at radius 3 is 2.62 bits per heavy atom. The zero-order chi connectivity index (χ0) is 22.8. The number of hydrogen-bond acceptors (Lipinski definition) is 4. The lowest BCUT2D eigenvalue weighted by Crippen LogP contribution is -3.11. The Labute approximate surface area is 192 Å². The number of carbonyl (C=O) groups is 1. The van der Waals surface area contributed by atoms with Crippen LogP contribution >= 0.6 is 11.6 Å². The molecule has 1 amide bonds. The number of nitrogens with zero attached hydrogens (tertiary/aromatic N) is 1. The molecule has 0 saturated heterocycles. The molecule has 7 heteroatoms. The molecule has 1 N–H and O–H groups in total. The molecule has 4 rings (SSSR count). The molecule has 2 aromatic carbocycles. The number of rotatable bonds is 8. The Morgan fingerprint density at radius 2 is 1.91 bits per heavy atom. The maximum absolute atomic E-state index is 13.5. The number of nitrogens with one attached hydrogen (secondary N) is 1. The van der Waals surface area contributed by atoms with Gasteiger partial charge in [0.1, 0.15) is 11.3 Å². The molecule has 1 atom stereocenters. The topological polar surface area (TPSA) is 64.2 Å². The third-order valence-corrected chi connectivity index (χ3v) is 6.50. The fourth-order valence-corrected chi connectivity index (χ4v) is 4.66. The summed E-state index contributed by atoms with van der Waals surface area (Å²) in [5, 5.41) is 0.831. The van der Waals surface area contributed by atoms with Crippen LogP contribution in [-0.2, 0) is 0 Å². The molecule has 6 nitrogen and oxygen atoms in total. The second kappa shape index (κ2) is 9.35. The molecular formula is C25H28ClN2O4+. The van der Waals surface area contributed by atoms with Crippen LogP contribution in [-0.4, -0.2) is 44.1 Å². The van der Waals surface area contributed by atoms with Crippen LogP contribution in [0.2, 0.25) is 5.02 Å². The number of halogens is 1. The average molecular weight is 456 g/mol. The highest BCUT2D eigenvalue weighted by Crippen LogP contribution is 2.39. The minimum absolute atomic E-state index is 0.118. The van der Waals surface area contributed by atoms with Gasteiger partial charge in [0.05, 0.1) is 43.7 Å². The highest BCUT2D eigenvalue weighted by Gasteiger charge is 2.42. The lowest BCUT2D eigenvalue weighted by molar-refractivity contribution is -0.896. The van der Waals surface area contributed by atoms with E-state index in [2.05, 4.69) is 13.8 Å². The number of methoxy groups -OCH3 is 1. The largest absolute Gasteiger partial charge is 0.497 e. The van der Waals surface area contributed by atoms with E-state index in [0.29, 0.717) is 33.8 Å². The first-order chi connectivity index (χ1) is 15.5. The quantitative estimate of drug-likeness (QED) is 0.566. The van der Waals surface area contributed by atoms with Crippen LogP contribution in [0.4, 0.5) is 0 Å². The summed E-state index contributed by atoms with van der Waals surface area (Å²) in [5.41, 5.74) is 1.33. The Hall–Kier alpha value is -2.83. The molecule has 0 aliphatic carbocycles. The molecule has 0 radical (unpaired) electrons. The Kier molecular flexibility index (Phi) is 6.53. The van der Waals surface area contributed by atoms with Crippen molar-refractivity contribution in [3.63, 3.8) is 0 Å². The van der Waals surface area contributed by atoms with Gasteiger partial charge in [-0.1, -0.05) is 23.7 Å². The Bertz CT molecular complexity index is 1200. The molecular weight excluding hydrogens is 428 g/mol. The van der Waals surface area contributed by atoms with Gasteiger partial charge in [-0.05, 0) is 49.7 Å². The van der Waals surface area contributed by atoms with Crippen LogP contribution in [0.15, 0.2) is 51.7 Å². The second-order valence-electron chi connectivity index (χ2n) is 8.05. The number of quaternary nitrogens is 1. The summed E-state index contributed by atoms with van der Waals surface area (Å²) in [5.74, 6) is 0.535. The van der Waals surface area contributed by atoms with Gasteiger partial charge in [-0.15, -0.1) is 0 Å². The summed E-state index contributed by atoms with van der Waals surface area (Å²) in [6.45, 7) is 7.89. The molecule has 0 bridgehead atoms. The van der Waals surface area contributed by atoms with E-state index in [-0.39, 0.29) is 17.1 Å². The lowest BCUT2D eigenvalue weighted by Gasteiger charge is -2.26. The van der Waals surface area contributed by atoms with Crippen LogP contribution in [0.3, 0.4) is 0 Å². The van der Waals surface area contributed by atoms with E-state index in [0.717, 1.165) is 31.6 Å². The predicted molar refractivity (Wildman–Crippen MR) is 125 cm³/mol. The monoisotopic (exact) mass is 455 g/mol. The highest BCUT2D eigenvalue weighted by atomic mass is 35.5. The van der Waals surface area contributed by atoms with Crippen LogP contribution < -0.4 is 15.1 Å². The minimum Gasteiger partial charge on any atom is -0.497 e. The third-order valence-electron chi connectivity index (χ3n) is 6.27. The van der Waals surface area contributed by atoms with Gasteiger partial charge in [0.2, 0.25) is 5.76 Å². The van der Waals surface area contributed by atoms with Crippen molar-refractivity contribution in [3.8, 4) is 5.75 Å². The average Bonchev–Trinajstić information content (AvgIpc) is 3.09. The summed E-state index contributed by atoms with van der Waals surface area (Å²) >= 11 is 6.14. The van der Waals surface area contributed by atoms with Crippen molar-refractivity contribution in [3.05, 3.63) is 74.6 Å². The van der Waals surface area contributed by atoms with E-state index in [9.17, 15) is 9.59 Å². The zero-order valence-electron chi connectivity index (χ0n) is 18.6. The molecule has 0 spiro atoms. The van der Waals surface area contributed by atoms with Crippen molar-refractivity contribution in [1.29, 1.82) is 0 Å². The van der Waals surface area contributed by atoms with E-state index < -0.39 is 6.04 Å². The molecule has 3 aromatic rings. The third kappa shape index (κ3) is 4.00. The number of ether oxygens (including phenoxy) is 1. The van der Waals surface area contributed by atoms with Gasteiger partial charge in [0.25, 0.3) is 5.91 Å². The van der Waals surface area contributed by atoms with Gasteiger partial charge in [-0.2, -0.15) is 0 Å². The number of carbonyl (C=O) groups excluding carboxylic acids is 1. The first-order valence-electron chi connectivity index (χ1n) is 11.0. The van der Waals surface area contributed by atoms with Gasteiger partial charge in [-0.25, -0.2) is 0 Å². The normalized spacial score (nSPS) is 15.6. The van der Waals surface area contributed by atoms with E-state index in [1.165, 1.54) is 4.90 Å². The SMILES string of the molecule is CC[NH+](CC)CCCN1C(=O)c2oc3ccc(Cl)cc3c(=O)c2C1c1cccc(OC)c1. The predicted octanol–water partition coefficient (Wildman–Crippen LogP) is 3.32. The van der Waals surface area contributed by atoms with E-state index in [1.54, 1.807) is 30.2 Å². The molecule has 1 aliphatic heterocycles. The molecule has 1 unspecified atom stereocenters. The van der Waals surface area contributed by atoms with Crippen molar-refractivity contribution in [1.82, 2.24) is 4.90 Å². The van der Waals surface area contributed by atoms with Gasteiger partial charge < -0.3 is 19.0 Å². The van der Waals surface area contributed by atoms with Crippen molar-refractivity contribution >= 4 is 28.5 Å². The van der Waals surface area contributed by atoms with E-state index in [1.807, 2.05) is 24.3 Å². The molecule has 0 fully saturated rings. The van der Waals surface area contributed by atoms with E-state index in [4.69, 9.17) is 20.8 Å². The van der Waals surface area contributed by atoms with Crippen LogP contribution in [0, 0.1) is 0 Å². The number of fused-ring (bicyclic) bond motifs is 2. The number of benzene rings is 2. The highest BCUT2D eigenvalue weighted by molar-refractivity contribution is 6.31. The van der Waals surface area contributed by atoms with Gasteiger partial charge in [0, 0.05) is 18.0 Å². The maximum atomic E-state index is 13.5. The lowest BCUT2D eigenvalue weighted by atomic mass is 9.98. The zero-order valence-corrected chi connectivity index (χ0v) is 19.4. The smallest absolute Gasteiger partial charge is 0.290 e. The van der Waals surface area contributed by atoms with Crippen LogP contribution in [0.1, 0.15) is 48.0 Å². The summed E-state index contributed by atoms with van der Waals surface area (Å²) in [4.78, 5) is 30.2. The summed E-state index contributed by atoms with van der Waals surface area (Å²) in [7, 11) is 1.60. The van der Waals surface area contributed by atoms with Crippen molar-refractivity contribution in [2.75, 3.05) is 33.3 Å². The minimum atomic E-state index is -0.529. The second-order valence-corrected chi connectivity index (χ2v) is 8.49. The van der Waals surface area contributed by atoms with E-state index >= 15 is 0 Å². The number of amides is 1. The summed E-state index contributed by atoms with van der Waals surface area (Å²) in [6.07, 6.45) is 0.830. The standard InChI is InChI=1S/C25H27ClN2O4/c1-4-27(5-2)12-7-13-28-22(16-8-6-9-18(14-16)31-3)21-23(29)19-15-17(26)10-11-20(19)32-24(21)25(28)30/h6,8-11,14-15,22H,4-5,7,12-13H2,1-3H3/p+1. The fraction of sp³-hybridized carbons (Fsp3) is 0.360. The van der Waals surface area contributed by atoms with Gasteiger partial charge >= 0.3 is 0 Å². The Balaban J connectivity index is 1.82. The molecule has 1 aromatic heterocycles. The van der Waals surface area contributed by atoms with Crippen LogP contribution in [0.5, 0.6) is 5.75 Å². The van der Waals surface area contributed by atoms with Crippen LogP contribution in [0.25, 0.3) is 11.0 Å². The fourth-order valence-electron chi connectivity index (χ4n) is 4.48. The molecule has 32 heavy (non-hydrogen) atoms. The van der Waals surface area contributed by atoms with Crippen molar-refractivity contribution in [2.24, 2.45) is 0 Å². The molecule has 2 heterocycles. The maximum Gasteiger partial charge on any atom is 0.290 e. The molecule has 0 saturated carbocycles. The van der Waals surface area contributed by atoms with Crippen molar-refractivity contribution in [2.45, 2.75) is 26.3 Å². The summed E-state index contributed by atoms with van der Waals surface area (Å²) in [6, 6.07) is 11.9. The first kappa shape index (κ1) is 22.4. The van der Waals surface area contributed by atoms with Gasteiger partial charge in [0.15, 0.2) is 5.43 Å². The summed E-state index contributed by atoms with van der Waals surface area (Å²) < 4.78 is 11.4. The molecule has 168 valence electrons. The van der Waals surface area contributed by atoms with Gasteiger partial charge in [-0.3, -0.25) is 9.59 Å². The molecule has 1 aliphatic rings. The van der Waals surface area contributed by atoms with Crippen molar-refractivity contribution < 1.29 is 18.8 Å². The number of hydrogen-bond donors (Lipinski definition) is 1.